The van der Waals surface area contributed by atoms with Crippen LogP contribution in [0.2, 0.25) is 0 Å². The molecule has 2 atom stereocenters. The predicted octanol–water partition coefficient (Wildman–Crippen LogP) is 2.02. The van der Waals surface area contributed by atoms with Gasteiger partial charge in [-0.05, 0) is 37.9 Å². The van der Waals surface area contributed by atoms with Crippen molar-refractivity contribution in [3.05, 3.63) is 30.1 Å². The second-order valence-electron chi connectivity index (χ2n) is 5.51. The number of hydrogen-bond donors (Lipinski definition) is 1. The summed E-state index contributed by atoms with van der Waals surface area (Å²) in [6, 6.07) is 6.56. The number of carbonyl (C=O) groups excluding carboxylic acids is 1. The Balaban J connectivity index is 1.95. The van der Waals surface area contributed by atoms with Crippen molar-refractivity contribution in [2.24, 2.45) is 0 Å². The van der Waals surface area contributed by atoms with E-state index in [1.165, 1.54) is 13.2 Å². The maximum atomic E-state index is 13.9. The average molecular weight is 278 g/mol. The Hall–Kier alpha value is -1.62. The maximum Gasteiger partial charge on any atom is 0.333 e. The quantitative estimate of drug-likeness (QED) is 0.859. The third kappa shape index (κ3) is 1.97. The highest BCUT2D eigenvalue weighted by molar-refractivity contribution is 5.86. The van der Waals surface area contributed by atoms with Crippen molar-refractivity contribution in [3.63, 3.8) is 0 Å². The van der Waals surface area contributed by atoms with Gasteiger partial charge in [0, 0.05) is 12.6 Å². The number of methoxy groups -OCH3 is 1. The van der Waals surface area contributed by atoms with Gasteiger partial charge in [-0.3, -0.25) is 4.90 Å². The molecule has 1 N–H and O–H groups in total. The van der Waals surface area contributed by atoms with Crippen LogP contribution in [-0.4, -0.2) is 42.6 Å². The summed E-state index contributed by atoms with van der Waals surface area (Å²) in [5.74, 6) is -0.637. The van der Waals surface area contributed by atoms with Crippen LogP contribution < -0.4 is 5.32 Å². The van der Waals surface area contributed by atoms with E-state index in [-0.39, 0.29) is 17.8 Å². The predicted molar refractivity (Wildman–Crippen MR) is 74.0 cm³/mol. The van der Waals surface area contributed by atoms with Gasteiger partial charge in [0.1, 0.15) is 5.82 Å². The van der Waals surface area contributed by atoms with Crippen molar-refractivity contribution >= 4 is 11.7 Å². The first kappa shape index (κ1) is 13.4. The third-order valence-electron chi connectivity index (χ3n) is 4.51. The number of halogens is 1. The fourth-order valence-corrected chi connectivity index (χ4v) is 3.56. The molecule has 0 aromatic heterocycles. The Labute approximate surface area is 117 Å². The van der Waals surface area contributed by atoms with Crippen LogP contribution >= 0.6 is 0 Å². The summed E-state index contributed by atoms with van der Waals surface area (Å²) in [6.45, 7) is 1.85. The van der Waals surface area contributed by atoms with Gasteiger partial charge in [0.25, 0.3) is 0 Å². The molecule has 0 spiro atoms. The molecular formula is C15H19FN2O2. The molecule has 1 aromatic rings. The van der Waals surface area contributed by atoms with E-state index < -0.39 is 5.54 Å². The van der Waals surface area contributed by atoms with Gasteiger partial charge in [0.15, 0.2) is 5.54 Å². The lowest BCUT2D eigenvalue weighted by atomic mass is 9.88. The molecule has 0 amide bonds. The molecule has 3 rings (SSSR count). The second-order valence-corrected chi connectivity index (χ2v) is 5.51. The topological polar surface area (TPSA) is 41.6 Å². The van der Waals surface area contributed by atoms with Crippen LogP contribution in [0.1, 0.15) is 19.3 Å². The Bertz CT molecular complexity index is 522. The van der Waals surface area contributed by atoms with Gasteiger partial charge in [0.05, 0.1) is 12.8 Å². The number of ether oxygens (including phenoxy) is 1. The molecule has 0 saturated carbocycles. The first-order valence-electron chi connectivity index (χ1n) is 7.02. The highest BCUT2D eigenvalue weighted by Crippen LogP contribution is 2.39. The molecule has 5 heteroatoms. The van der Waals surface area contributed by atoms with Gasteiger partial charge in [-0.15, -0.1) is 0 Å². The molecule has 20 heavy (non-hydrogen) atoms. The fraction of sp³-hybridized carbons (Fsp3) is 0.533. The van der Waals surface area contributed by atoms with E-state index in [4.69, 9.17) is 4.74 Å². The van der Waals surface area contributed by atoms with E-state index in [0.29, 0.717) is 12.1 Å². The first-order valence-corrected chi connectivity index (χ1v) is 7.02. The lowest BCUT2D eigenvalue weighted by molar-refractivity contribution is -0.146. The van der Waals surface area contributed by atoms with Gasteiger partial charge >= 0.3 is 5.97 Å². The number of nitrogens with one attached hydrogen (secondary N) is 1. The van der Waals surface area contributed by atoms with Crippen LogP contribution in [0.3, 0.4) is 0 Å². The molecule has 2 aliphatic rings. The molecule has 0 radical (unpaired) electrons. The number of para-hydroxylation sites is 1. The molecule has 1 aromatic carbocycles. The summed E-state index contributed by atoms with van der Waals surface area (Å²) in [4.78, 5) is 14.7. The number of hydrogen-bond acceptors (Lipinski definition) is 4. The third-order valence-corrected chi connectivity index (χ3v) is 4.51. The summed E-state index contributed by atoms with van der Waals surface area (Å²) in [6.07, 6.45) is 2.66. The summed E-state index contributed by atoms with van der Waals surface area (Å²) in [7, 11) is 1.39. The summed E-state index contributed by atoms with van der Waals surface area (Å²) >= 11 is 0. The normalized spacial score (nSPS) is 29.2. The number of benzene rings is 1. The smallest absolute Gasteiger partial charge is 0.333 e. The number of esters is 1. The minimum atomic E-state index is -0.826. The number of anilines is 1. The zero-order valence-electron chi connectivity index (χ0n) is 11.6. The Morgan fingerprint density at radius 3 is 3.00 bits per heavy atom. The molecule has 2 fully saturated rings. The van der Waals surface area contributed by atoms with Crippen molar-refractivity contribution in [1.82, 2.24) is 4.90 Å². The molecule has 2 unspecified atom stereocenters. The summed E-state index contributed by atoms with van der Waals surface area (Å²) in [5, 5.41) is 3.15. The van der Waals surface area contributed by atoms with E-state index in [0.717, 1.165) is 25.9 Å². The number of nitrogens with zero attached hydrogens (tertiary/aromatic N) is 1. The summed E-state index contributed by atoms with van der Waals surface area (Å²) < 4.78 is 18.9. The minimum Gasteiger partial charge on any atom is -0.467 e. The van der Waals surface area contributed by atoms with Crippen LogP contribution in [0.5, 0.6) is 0 Å². The molecular weight excluding hydrogens is 259 g/mol. The molecule has 2 aliphatic heterocycles. The zero-order chi connectivity index (χ0) is 14.2. The number of rotatable bonds is 3. The highest BCUT2D eigenvalue weighted by Gasteiger charge is 2.55. The van der Waals surface area contributed by atoms with Crippen LogP contribution in [0, 0.1) is 5.82 Å². The first-order chi connectivity index (χ1) is 9.67. The van der Waals surface area contributed by atoms with E-state index in [9.17, 15) is 9.18 Å². The molecule has 2 saturated heterocycles. The van der Waals surface area contributed by atoms with Crippen LogP contribution in [0.25, 0.3) is 0 Å². The monoisotopic (exact) mass is 278 g/mol. The van der Waals surface area contributed by atoms with Crippen LogP contribution in [0.4, 0.5) is 10.1 Å². The van der Waals surface area contributed by atoms with E-state index in [1.807, 2.05) is 0 Å². The van der Waals surface area contributed by atoms with E-state index >= 15 is 0 Å². The van der Waals surface area contributed by atoms with E-state index in [2.05, 4.69) is 10.2 Å². The highest BCUT2D eigenvalue weighted by atomic mass is 19.1. The Kier molecular flexibility index (Phi) is 3.38. The number of carbonyl (C=O) groups is 1. The largest absolute Gasteiger partial charge is 0.467 e. The zero-order valence-corrected chi connectivity index (χ0v) is 11.6. The standard InChI is InChI=1S/C15H19FN2O2/c1-20-14(19)15(8-10-18-9-4-7-13(15)18)17-12-6-3-2-5-11(12)16/h2-3,5-6,13,17H,4,7-10H2,1H3. The lowest BCUT2D eigenvalue weighted by Crippen LogP contribution is -2.55. The van der Waals surface area contributed by atoms with Crippen LogP contribution in [-0.2, 0) is 9.53 Å². The lowest BCUT2D eigenvalue weighted by Gasteiger charge is -2.34. The molecule has 0 bridgehead atoms. The molecule has 4 nitrogen and oxygen atoms in total. The van der Waals surface area contributed by atoms with Crippen molar-refractivity contribution < 1.29 is 13.9 Å². The van der Waals surface area contributed by atoms with Crippen molar-refractivity contribution in [2.45, 2.75) is 30.8 Å². The fourth-order valence-electron chi connectivity index (χ4n) is 3.56. The van der Waals surface area contributed by atoms with Crippen molar-refractivity contribution in [1.29, 1.82) is 0 Å². The number of fused-ring (bicyclic) bond motifs is 1. The molecule has 2 heterocycles. The van der Waals surface area contributed by atoms with Crippen LogP contribution in [0.15, 0.2) is 24.3 Å². The maximum absolute atomic E-state index is 13.9. The van der Waals surface area contributed by atoms with Crippen molar-refractivity contribution in [3.8, 4) is 0 Å². The van der Waals surface area contributed by atoms with Gasteiger partial charge in [-0.1, -0.05) is 12.1 Å². The van der Waals surface area contributed by atoms with Gasteiger partial charge < -0.3 is 10.1 Å². The van der Waals surface area contributed by atoms with Gasteiger partial charge in [-0.25, -0.2) is 9.18 Å². The van der Waals surface area contributed by atoms with Crippen molar-refractivity contribution in [2.75, 3.05) is 25.5 Å². The second kappa shape index (κ2) is 5.05. The molecule has 108 valence electrons. The van der Waals surface area contributed by atoms with Gasteiger partial charge in [0.2, 0.25) is 0 Å². The minimum absolute atomic E-state index is 0.0922. The Morgan fingerprint density at radius 1 is 1.45 bits per heavy atom. The average Bonchev–Trinajstić information content (AvgIpc) is 3.04. The van der Waals surface area contributed by atoms with E-state index in [1.54, 1.807) is 18.2 Å². The SMILES string of the molecule is COC(=O)C1(Nc2ccccc2F)CCN2CCCC21. The van der Waals surface area contributed by atoms with Gasteiger partial charge in [-0.2, -0.15) is 0 Å². The molecule has 0 aliphatic carbocycles. The Morgan fingerprint density at radius 2 is 2.25 bits per heavy atom. The summed E-state index contributed by atoms with van der Waals surface area (Å²) in [5.41, 5.74) is -0.459.